The molecule has 0 aromatic rings. The number of hydrogen-bond acceptors (Lipinski definition) is 3. The van der Waals surface area contributed by atoms with E-state index in [1.807, 2.05) is 18.7 Å². The number of carboxylic acid groups (broad SMARTS) is 1. The van der Waals surface area contributed by atoms with Gasteiger partial charge in [-0.25, -0.2) is 0 Å². The lowest BCUT2D eigenvalue weighted by molar-refractivity contribution is -0.143. The summed E-state index contributed by atoms with van der Waals surface area (Å²) in [6.07, 6.45) is 2.45. The minimum atomic E-state index is -0.751. The summed E-state index contributed by atoms with van der Waals surface area (Å²) >= 11 is 0. The maximum Gasteiger partial charge on any atom is 0.308 e. The number of nitrogens with one attached hydrogen (secondary N) is 1. The van der Waals surface area contributed by atoms with Crippen molar-refractivity contribution in [3.05, 3.63) is 0 Å². The summed E-state index contributed by atoms with van der Waals surface area (Å²) in [7, 11) is 0. The molecule has 2 aliphatic rings. The molecule has 0 saturated carbocycles. The summed E-state index contributed by atoms with van der Waals surface area (Å²) < 4.78 is 0. The second kappa shape index (κ2) is 5.26. The van der Waals surface area contributed by atoms with Crippen LogP contribution in [0.2, 0.25) is 0 Å². The number of carbonyl (C=O) groups is 2. The van der Waals surface area contributed by atoms with Crippen LogP contribution < -0.4 is 5.32 Å². The average molecular weight is 254 g/mol. The number of amides is 1. The SMILES string of the molecule is CCNCC(C)C(=O)N1C2CCC1C(C(=O)O)C2. The van der Waals surface area contributed by atoms with E-state index in [1.54, 1.807) is 0 Å². The van der Waals surface area contributed by atoms with Crippen molar-refractivity contribution in [1.29, 1.82) is 0 Å². The Bertz CT molecular complexity index is 345. The summed E-state index contributed by atoms with van der Waals surface area (Å²) in [5.41, 5.74) is 0. The predicted molar refractivity (Wildman–Crippen MR) is 67.1 cm³/mol. The zero-order chi connectivity index (χ0) is 13.3. The Kier molecular flexibility index (Phi) is 3.90. The minimum absolute atomic E-state index is 0.0657. The smallest absolute Gasteiger partial charge is 0.308 e. The molecule has 0 aromatic carbocycles. The molecular formula is C13H22N2O3. The minimum Gasteiger partial charge on any atom is -0.481 e. The summed E-state index contributed by atoms with van der Waals surface area (Å²) in [5, 5.41) is 12.3. The molecule has 4 atom stereocenters. The van der Waals surface area contributed by atoms with Gasteiger partial charge in [0.25, 0.3) is 0 Å². The third-order valence-electron chi connectivity index (χ3n) is 4.23. The van der Waals surface area contributed by atoms with Crippen LogP contribution in [0.4, 0.5) is 0 Å². The first-order valence-corrected chi connectivity index (χ1v) is 6.82. The molecule has 0 radical (unpaired) electrons. The highest BCUT2D eigenvalue weighted by atomic mass is 16.4. The van der Waals surface area contributed by atoms with Crippen molar-refractivity contribution in [2.75, 3.05) is 13.1 Å². The van der Waals surface area contributed by atoms with Gasteiger partial charge in [0.1, 0.15) is 0 Å². The number of aliphatic carboxylic acids is 1. The fraction of sp³-hybridized carbons (Fsp3) is 0.846. The fourth-order valence-corrected chi connectivity index (χ4v) is 3.30. The molecule has 0 aromatic heterocycles. The maximum atomic E-state index is 12.4. The van der Waals surface area contributed by atoms with E-state index >= 15 is 0 Å². The second-order valence-electron chi connectivity index (χ2n) is 5.43. The van der Waals surface area contributed by atoms with E-state index in [0.29, 0.717) is 13.0 Å². The number of fused-ring (bicyclic) bond motifs is 2. The van der Waals surface area contributed by atoms with Crippen LogP contribution in [0.15, 0.2) is 0 Å². The highest BCUT2D eigenvalue weighted by Crippen LogP contribution is 2.42. The average Bonchev–Trinajstić information content (AvgIpc) is 2.92. The van der Waals surface area contributed by atoms with Crippen LogP contribution in [-0.2, 0) is 9.59 Å². The molecule has 0 aliphatic carbocycles. The molecule has 5 heteroatoms. The Morgan fingerprint density at radius 1 is 1.44 bits per heavy atom. The quantitative estimate of drug-likeness (QED) is 0.757. The van der Waals surface area contributed by atoms with E-state index in [0.717, 1.165) is 19.4 Å². The van der Waals surface area contributed by atoms with Gasteiger partial charge in [-0.15, -0.1) is 0 Å². The Morgan fingerprint density at radius 2 is 2.17 bits per heavy atom. The molecule has 2 N–H and O–H groups in total. The molecule has 102 valence electrons. The molecule has 4 unspecified atom stereocenters. The van der Waals surface area contributed by atoms with Gasteiger partial charge in [0.2, 0.25) is 5.91 Å². The van der Waals surface area contributed by atoms with E-state index in [2.05, 4.69) is 5.32 Å². The van der Waals surface area contributed by atoms with Crippen LogP contribution >= 0.6 is 0 Å². The first kappa shape index (κ1) is 13.3. The summed E-state index contributed by atoms with van der Waals surface area (Å²) in [6.45, 7) is 5.45. The molecule has 2 saturated heterocycles. The van der Waals surface area contributed by atoms with Crippen LogP contribution in [-0.4, -0.2) is 47.1 Å². The molecule has 2 aliphatic heterocycles. The van der Waals surface area contributed by atoms with Gasteiger partial charge in [0.15, 0.2) is 0 Å². The number of rotatable bonds is 5. The molecule has 1 amide bonds. The van der Waals surface area contributed by atoms with Crippen molar-refractivity contribution >= 4 is 11.9 Å². The first-order chi connectivity index (χ1) is 8.56. The molecule has 2 fully saturated rings. The van der Waals surface area contributed by atoms with Crippen LogP contribution in [0.25, 0.3) is 0 Å². The standard InChI is InChI=1S/C13H22N2O3/c1-3-14-7-8(2)12(16)15-9-4-5-11(15)10(6-9)13(17)18/h8-11,14H,3-7H2,1-2H3,(H,17,18). The van der Waals surface area contributed by atoms with Crippen molar-refractivity contribution in [3.63, 3.8) is 0 Å². The largest absolute Gasteiger partial charge is 0.481 e. The normalized spacial score (nSPS) is 31.7. The molecule has 5 nitrogen and oxygen atoms in total. The van der Waals surface area contributed by atoms with Gasteiger partial charge in [-0.1, -0.05) is 13.8 Å². The van der Waals surface area contributed by atoms with Gasteiger partial charge >= 0.3 is 5.97 Å². The monoisotopic (exact) mass is 254 g/mol. The van der Waals surface area contributed by atoms with Gasteiger partial charge in [0.05, 0.1) is 5.92 Å². The number of carbonyl (C=O) groups excluding carboxylic acids is 1. The van der Waals surface area contributed by atoms with E-state index in [4.69, 9.17) is 5.11 Å². The summed E-state index contributed by atoms with van der Waals surface area (Å²) in [4.78, 5) is 25.4. The number of hydrogen-bond donors (Lipinski definition) is 2. The summed E-state index contributed by atoms with van der Waals surface area (Å²) in [6, 6.07) is 0.0942. The van der Waals surface area contributed by atoms with E-state index in [-0.39, 0.29) is 29.8 Å². The Hall–Kier alpha value is -1.10. The zero-order valence-electron chi connectivity index (χ0n) is 11.1. The third kappa shape index (κ3) is 2.23. The molecule has 2 rings (SSSR count). The van der Waals surface area contributed by atoms with Crippen molar-refractivity contribution in [1.82, 2.24) is 10.2 Å². The van der Waals surface area contributed by atoms with Crippen LogP contribution in [0.3, 0.4) is 0 Å². The number of nitrogens with zero attached hydrogens (tertiary/aromatic N) is 1. The highest BCUT2D eigenvalue weighted by Gasteiger charge is 2.51. The molecule has 2 bridgehead atoms. The molecular weight excluding hydrogens is 232 g/mol. The molecule has 18 heavy (non-hydrogen) atoms. The molecule has 0 spiro atoms. The molecule has 2 heterocycles. The lowest BCUT2D eigenvalue weighted by Crippen LogP contribution is -2.43. The lowest BCUT2D eigenvalue weighted by Gasteiger charge is -2.26. The maximum absolute atomic E-state index is 12.4. The van der Waals surface area contributed by atoms with Gasteiger partial charge in [-0.2, -0.15) is 0 Å². The van der Waals surface area contributed by atoms with Crippen molar-refractivity contribution < 1.29 is 14.7 Å². The summed E-state index contributed by atoms with van der Waals surface area (Å²) in [5.74, 6) is -1.05. The number of carboxylic acids is 1. The lowest BCUT2D eigenvalue weighted by atomic mass is 9.89. The van der Waals surface area contributed by atoms with Crippen molar-refractivity contribution in [2.24, 2.45) is 11.8 Å². The van der Waals surface area contributed by atoms with Crippen LogP contribution in [0, 0.1) is 11.8 Å². The van der Waals surface area contributed by atoms with Crippen molar-refractivity contribution in [2.45, 2.75) is 45.2 Å². The third-order valence-corrected chi connectivity index (χ3v) is 4.23. The van der Waals surface area contributed by atoms with E-state index in [1.165, 1.54) is 0 Å². The second-order valence-corrected chi connectivity index (χ2v) is 5.43. The van der Waals surface area contributed by atoms with Crippen LogP contribution in [0.1, 0.15) is 33.1 Å². The Labute approximate surface area is 108 Å². The van der Waals surface area contributed by atoms with E-state index < -0.39 is 5.97 Å². The van der Waals surface area contributed by atoms with E-state index in [9.17, 15) is 9.59 Å². The fourth-order valence-electron chi connectivity index (χ4n) is 3.30. The van der Waals surface area contributed by atoms with Gasteiger partial charge in [0, 0.05) is 24.5 Å². The highest BCUT2D eigenvalue weighted by molar-refractivity contribution is 5.82. The van der Waals surface area contributed by atoms with Gasteiger partial charge < -0.3 is 15.3 Å². The predicted octanol–water partition coefficient (Wildman–Crippen LogP) is 0.696. The topological polar surface area (TPSA) is 69.6 Å². The van der Waals surface area contributed by atoms with Crippen LogP contribution in [0.5, 0.6) is 0 Å². The van der Waals surface area contributed by atoms with Crippen molar-refractivity contribution in [3.8, 4) is 0 Å². The Morgan fingerprint density at radius 3 is 2.72 bits per heavy atom. The van der Waals surface area contributed by atoms with Gasteiger partial charge in [-0.3, -0.25) is 9.59 Å². The Balaban J connectivity index is 2.01. The van der Waals surface area contributed by atoms with Gasteiger partial charge in [-0.05, 0) is 25.8 Å². The first-order valence-electron chi connectivity index (χ1n) is 6.82. The zero-order valence-corrected chi connectivity index (χ0v) is 11.1.